The first-order valence-electron chi connectivity index (χ1n) is 7.95. The third kappa shape index (κ3) is 3.63. The fourth-order valence-corrected chi connectivity index (χ4v) is 3.12. The lowest BCUT2D eigenvalue weighted by atomic mass is 10.2. The molecule has 24 heavy (non-hydrogen) atoms. The number of aromatic nitrogens is 2. The summed E-state index contributed by atoms with van der Waals surface area (Å²) in [6.07, 6.45) is 1.27. The van der Waals surface area contributed by atoms with Crippen LogP contribution in [0.25, 0.3) is 11.0 Å². The first kappa shape index (κ1) is 16.6. The Morgan fingerprint density at radius 3 is 3.04 bits per heavy atom. The Bertz CT molecular complexity index is 794. The number of nitrogens with one attached hydrogen (secondary N) is 1. The number of carbonyl (C=O) groups is 1. The number of para-hydroxylation sites is 1. The molecule has 0 aliphatic heterocycles. The van der Waals surface area contributed by atoms with Gasteiger partial charge >= 0.3 is 0 Å². The van der Waals surface area contributed by atoms with Crippen LogP contribution in [0, 0.1) is 0 Å². The zero-order valence-corrected chi connectivity index (χ0v) is 14.2. The van der Waals surface area contributed by atoms with Gasteiger partial charge in [-0.25, -0.2) is 0 Å². The topological polar surface area (TPSA) is 88.2 Å². The van der Waals surface area contributed by atoms with Crippen LogP contribution in [0.3, 0.4) is 0 Å². The highest BCUT2D eigenvalue weighted by Gasteiger charge is 2.17. The highest BCUT2D eigenvalue weighted by atomic mass is 32.1. The molecule has 0 saturated heterocycles. The molecule has 1 amide bonds. The van der Waals surface area contributed by atoms with E-state index < -0.39 is 6.10 Å². The number of hydrogen-bond donors (Lipinski definition) is 2. The van der Waals surface area contributed by atoms with Crippen LogP contribution in [0.4, 0.5) is 0 Å². The average molecular weight is 345 g/mol. The summed E-state index contributed by atoms with van der Waals surface area (Å²) in [7, 11) is 0. The molecule has 0 unspecified atom stereocenters. The Balaban J connectivity index is 1.55. The molecule has 1 atom stereocenters. The summed E-state index contributed by atoms with van der Waals surface area (Å²) < 4.78 is 9.47. The van der Waals surface area contributed by atoms with E-state index in [1.807, 2.05) is 37.3 Å². The minimum absolute atomic E-state index is 0.190. The van der Waals surface area contributed by atoms with Crippen LogP contribution in [-0.2, 0) is 6.42 Å². The van der Waals surface area contributed by atoms with E-state index >= 15 is 0 Å². The van der Waals surface area contributed by atoms with Crippen molar-refractivity contribution in [2.24, 2.45) is 0 Å². The van der Waals surface area contributed by atoms with Gasteiger partial charge in [0, 0.05) is 11.9 Å². The number of fused-ring (bicyclic) bond motifs is 1. The van der Waals surface area contributed by atoms with Gasteiger partial charge in [-0.3, -0.25) is 4.79 Å². The minimum atomic E-state index is -0.757. The number of amides is 1. The molecule has 0 aliphatic rings. The van der Waals surface area contributed by atoms with Crippen LogP contribution < -0.4 is 5.32 Å². The Kier molecular flexibility index (Phi) is 5.22. The second kappa shape index (κ2) is 7.55. The highest BCUT2D eigenvalue weighted by molar-refractivity contribution is 7.08. The molecule has 1 aromatic carbocycles. The lowest BCUT2D eigenvalue weighted by molar-refractivity contribution is 0.0939. The number of hydrogen-bond acceptors (Lipinski definition) is 6. The van der Waals surface area contributed by atoms with Crippen molar-refractivity contribution < 1.29 is 14.3 Å². The minimum Gasteiger partial charge on any atom is -0.458 e. The zero-order valence-electron chi connectivity index (χ0n) is 13.4. The van der Waals surface area contributed by atoms with Gasteiger partial charge in [-0.15, -0.1) is 5.10 Å². The molecule has 0 aliphatic carbocycles. The zero-order chi connectivity index (χ0) is 16.9. The highest BCUT2D eigenvalue weighted by Crippen LogP contribution is 2.25. The fourth-order valence-electron chi connectivity index (χ4n) is 2.49. The molecule has 0 spiro atoms. The fraction of sp³-hybridized carbons (Fsp3) is 0.353. The Labute approximate surface area is 143 Å². The summed E-state index contributed by atoms with van der Waals surface area (Å²) in [4.78, 5) is 12.7. The van der Waals surface area contributed by atoms with Crippen molar-refractivity contribution in [3.63, 3.8) is 0 Å². The molecule has 2 N–H and O–H groups in total. The van der Waals surface area contributed by atoms with Gasteiger partial charge in [-0.05, 0) is 36.5 Å². The van der Waals surface area contributed by atoms with Gasteiger partial charge in [-0.1, -0.05) is 36.0 Å². The van der Waals surface area contributed by atoms with Gasteiger partial charge in [0.2, 0.25) is 0 Å². The van der Waals surface area contributed by atoms with E-state index in [0.717, 1.165) is 41.0 Å². The molecule has 3 aromatic rings. The SMILES string of the molecule is CCCc1nnsc1C(=O)NCC[C@H](O)c1cc2ccccc2o1. The molecule has 0 bridgehead atoms. The van der Waals surface area contributed by atoms with Crippen molar-refractivity contribution in [1.82, 2.24) is 14.9 Å². The first-order chi connectivity index (χ1) is 11.7. The summed E-state index contributed by atoms with van der Waals surface area (Å²) in [6, 6.07) is 9.43. The van der Waals surface area contributed by atoms with Gasteiger partial charge in [-0.2, -0.15) is 0 Å². The van der Waals surface area contributed by atoms with Crippen molar-refractivity contribution in [2.45, 2.75) is 32.3 Å². The molecule has 0 radical (unpaired) electrons. The summed E-state index contributed by atoms with van der Waals surface area (Å²) in [5.41, 5.74) is 1.48. The Morgan fingerprint density at radius 1 is 1.42 bits per heavy atom. The van der Waals surface area contributed by atoms with Gasteiger partial charge in [0.1, 0.15) is 22.3 Å². The van der Waals surface area contributed by atoms with E-state index in [2.05, 4.69) is 14.9 Å². The van der Waals surface area contributed by atoms with Gasteiger partial charge in [0.05, 0.1) is 5.69 Å². The predicted molar refractivity (Wildman–Crippen MR) is 92.0 cm³/mol. The molecule has 2 heterocycles. The van der Waals surface area contributed by atoms with E-state index in [-0.39, 0.29) is 5.91 Å². The van der Waals surface area contributed by atoms with Crippen molar-refractivity contribution in [3.05, 3.63) is 46.7 Å². The second-order valence-electron chi connectivity index (χ2n) is 5.55. The first-order valence-corrected chi connectivity index (χ1v) is 8.72. The van der Waals surface area contributed by atoms with Gasteiger partial charge in [0.15, 0.2) is 0 Å². The number of carbonyl (C=O) groups excluding carboxylic acids is 1. The van der Waals surface area contributed by atoms with Crippen LogP contribution >= 0.6 is 11.5 Å². The average Bonchev–Trinajstić information content (AvgIpc) is 3.21. The molecule has 3 rings (SSSR count). The summed E-state index contributed by atoms with van der Waals surface area (Å²) in [5, 5.41) is 18.0. The lowest BCUT2D eigenvalue weighted by Crippen LogP contribution is -2.25. The molecular formula is C17H19N3O3S. The van der Waals surface area contributed by atoms with Gasteiger partial charge in [0.25, 0.3) is 5.91 Å². The maximum atomic E-state index is 12.2. The number of aliphatic hydroxyl groups is 1. The number of aryl methyl sites for hydroxylation is 1. The molecule has 126 valence electrons. The number of benzene rings is 1. The smallest absolute Gasteiger partial charge is 0.264 e. The standard InChI is InChI=1S/C17H19N3O3S/c1-2-5-12-16(24-20-19-12)17(22)18-9-8-13(21)15-10-11-6-3-4-7-14(11)23-15/h3-4,6-7,10,13,21H,2,5,8-9H2,1H3,(H,18,22)/t13-/m0/s1. The number of nitrogens with zero attached hydrogens (tertiary/aromatic N) is 2. The van der Waals surface area contributed by atoms with Crippen molar-refractivity contribution in [1.29, 1.82) is 0 Å². The van der Waals surface area contributed by atoms with Crippen molar-refractivity contribution in [2.75, 3.05) is 6.54 Å². The maximum Gasteiger partial charge on any atom is 0.264 e. The predicted octanol–water partition coefficient (Wildman–Crippen LogP) is 3.09. The summed E-state index contributed by atoms with van der Waals surface area (Å²) in [5.74, 6) is 0.321. The maximum absolute atomic E-state index is 12.2. The van der Waals surface area contributed by atoms with Crippen LogP contribution in [0.2, 0.25) is 0 Å². The molecular weight excluding hydrogens is 326 g/mol. The normalized spacial score (nSPS) is 12.4. The number of aliphatic hydroxyl groups excluding tert-OH is 1. The molecule has 0 fully saturated rings. The lowest BCUT2D eigenvalue weighted by Gasteiger charge is -2.08. The van der Waals surface area contributed by atoms with Crippen LogP contribution in [0.15, 0.2) is 34.7 Å². The molecule has 2 aromatic heterocycles. The van der Waals surface area contributed by atoms with Gasteiger partial charge < -0.3 is 14.8 Å². The third-order valence-electron chi connectivity index (χ3n) is 3.73. The molecule has 6 nitrogen and oxygen atoms in total. The van der Waals surface area contributed by atoms with E-state index in [9.17, 15) is 9.90 Å². The Hall–Kier alpha value is -2.25. The quantitative estimate of drug-likeness (QED) is 0.687. The van der Waals surface area contributed by atoms with Crippen molar-refractivity contribution >= 4 is 28.4 Å². The van der Waals surface area contributed by atoms with Crippen molar-refractivity contribution in [3.8, 4) is 0 Å². The van der Waals surface area contributed by atoms with Crippen LogP contribution in [0.5, 0.6) is 0 Å². The molecule has 0 saturated carbocycles. The largest absolute Gasteiger partial charge is 0.458 e. The Morgan fingerprint density at radius 2 is 2.25 bits per heavy atom. The summed E-state index contributed by atoms with van der Waals surface area (Å²) in [6.45, 7) is 2.38. The second-order valence-corrected chi connectivity index (χ2v) is 6.30. The van der Waals surface area contributed by atoms with E-state index in [0.29, 0.717) is 23.6 Å². The van der Waals surface area contributed by atoms with E-state index in [4.69, 9.17) is 4.42 Å². The third-order valence-corrected chi connectivity index (χ3v) is 4.49. The molecule has 7 heteroatoms. The summed E-state index contributed by atoms with van der Waals surface area (Å²) >= 11 is 1.10. The van der Waals surface area contributed by atoms with E-state index in [1.54, 1.807) is 0 Å². The van der Waals surface area contributed by atoms with E-state index in [1.165, 1.54) is 0 Å². The number of furan rings is 1. The number of rotatable bonds is 7. The monoisotopic (exact) mass is 345 g/mol. The van der Waals surface area contributed by atoms with Crippen LogP contribution in [0.1, 0.15) is 47.0 Å². The van der Waals surface area contributed by atoms with Crippen LogP contribution in [-0.4, -0.2) is 27.1 Å².